The second kappa shape index (κ2) is 6.80. The molecule has 15 heavy (non-hydrogen) atoms. The molecule has 1 saturated heterocycles. The zero-order chi connectivity index (χ0) is 11.1. The summed E-state index contributed by atoms with van der Waals surface area (Å²) in [4.78, 5) is 27.3. The largest absolute Gasteiger partial charge is 0.272 e. The number of unbranched alkanes of at least 4 members (excludes halogenated alkanes) is 3. The third-order valence-corrected chi connectivity index (χ3v) is 2.52. The van der Waals surface area contributed by atoms with Gasteiger partial charge >= 0.3 is 0 Å². The van der Waals surface area contributed by atoms with Gasteiger partial charge in [-0.05, 0) is 12.8 Å². The van der Waals surface area contributed by atoms with Crippen molar-refractivity contribution in [2.75, 3.05) is 12.5 Å². The van der Waals surface area contributed by atoms with E-state index in [2.05, 4.69) is 0 Å². The molecular formula is C10H16ClNO3. The molecule has 5 heteroatoms. The molecule has 1 heterocycles. The third kappa shape index (κ3) is 4.18. The molecule has 0 spiro atoms. The summed E-state index contributed by atoms with van der Waals surface area (Å²) in [5.41, 5.74) is 0. The lowest BCUT2D eigenvalue weighted by Gasteiger charge is -2.12. The first-order valence-corrected chi connectivity index (χ1v) is 5.84. The standard InChI is InChI=1S/C10H16ClNO3/c11-7-3-1-2-4-8-15-12-9(13)5-6-10(12)14/h1-8H2. The molecule has 0 saturated carbocycles. The van der Waals surface area contributed by atoms with Gasteiger partial charge in [0.05, 0.1) is 6.61 Å². The summed E-state index contributed by atoms with van der Waals surface area (Å²) < 4.78 is 0. The number of halogens is 1. The SMILES string of the molecule is O=C1CCC(=O)N1OCCCCCCCl. The topological polar surface area (TPSA) is 46.6 Å². The third-order valence-electron chi connectivity index (χ3n) is 2.25. The molecule has 1 fully saturated rings. The van der Waals surface area contributed by atoms with E-state index >= 15 is 0 Å². The number of imide groups is 1. The van der Waals surface area contributed by atoms with Crippen molar-refractivity contribution >= 4 is 23.4 Å². The number of rotatable bonds is 7. The molecule has 0 aromatic rings. The molecule has 0 radical (unpaired) electrons. The lowest BCUT2D eigenvalue weighted by atomic mass is 10.2. The van der Waals surface area contributed by atoms with E-state index in [9.17, 15) is 9.59 Å². The number of hydrogen-bond acceptors (Lipinski definition) is 3. The van der Waals surface area contributed by atoms with Crippen LogP contribution in [-0.2, 0) is 14.4 Å². The summed E-state index contributed by atoms with van der Waals surface area (Å²) in [6.07, 6.45) is 4.50. The van der Waals surface area contributed by atoms with Crippen molar-refractivity contribution in [3.63, 3.8) is 0 Å². The summed E-state index contributed by atoms with van der Waals surface area (Å²) in [7, 11) is 0. The van der Waals surface area contributed by atoms with Crippen LogP contribution >= 0.6 is 11.6 Å². The normalized spacial score (nSPS) is 16.5. The molecule has 86 valence electrons. The molecular weight excluding hydrogens is 218 g/mol. The Labute approximate surface area is 94.5 Å². The summed E-state index contributed by atoms with van der Waals surface area (Å²) in [6, 6.07) is 0. The Kier molecular flexibility index (Phi) is 5.65. The van der Waals surface area contributed by atoms with Gasteiger partial charge in [-0.2, -0.15) is 5.06 Å². The number of nitrogens with zero attached hydrogens (tertiary/aromatic N) is 1. The van der Waals surface area contributed by atoms with Crippen LogP contribution in [0.15, 0.2) is 0 Å². The summed E-state index contributed by atoms with van der Waals surface area (Å²) in [5.74, 6) is 0.241. The summed E-state index contributed by atoms with van der Waals surface area (Å²) in [5, 5.41) is 0.904. The van der Waals surface area contributed by atoms with Crippen LogP contribution in [0.4, 0.5) is 0 Å². The van der Waals surface area contributed by atoms with E-state index in [1.54, 1.807) is 0 Å². The molecule has 2 amide bonds. The van der Waals surface area contributed by atoms with Gasteiger partial charge in [-0.15, -0.1) is 11.6 Å². The molecule has 0 aromatic carbocycles. The van der Waals surface area contributed by atoms with Gasteiger partial charge < -0.3 is 0 Å². The number of hydroxylamine groups is 2. The Morgan fingerprint density at radius 1 is 1.07 bits per heavy atom. The molecule has 0 N–H and O–H groups in total. The number of amides is 2. The number of carbonyl (C=O) groups excluding carboxylic acids is 2. The minimum Gasteiger partial charge on any atom is -0.272 e. The summed E-state index contributed by atoms with van der Waals surface area (Å²) in [6.45, 7) is 0.430. The highest BCUT2D eigenvalue weighted by atomic mass is 35.5. The zero-order valence-electron chi connectivity index (χ0n) is 8.71. The van der Waals surface area contributed by atoms with Crippen LogP contribution in [0.1, 0.15) is 38.5 Å². The van der Waals surface area contributed by atoms with Crippen molar-refractivity contribution in [2.45, 2.75) is 38.5 Å². The lowest BCUT2D eigenvalue weighted by Crippen LogP contribution is -2.29. The van der Waals surface area contributed by atoms with Crippen LogP contribution in [0.2, 0.25) is 0 Å². The van der Waals surface area contributed by atoms with E-state index in [0.717, 1.165) is 30.7 Å². The molecule has 0 bridgehead atoms. The van der Waals surface area contributed by atoms with Crippen molar-refractivity contribution in [3.8, 4) is 0 Å². The van der Waals surface area contributed by atoms with Crippen molar-refractivity contribution in [3.05, 3.63) is 0 Å². The first kappa shape index (κ1) is 12.5. The maximum absolute atomic E-state index is 11.1. The first-order valence-electron chi connectivity index (χ1n) is 5.30. The number of carbonyl (C=O) groups is 2. The number of alkyl halides is 1. The lowest BCUT2D eigenvalue weighted by molar-refractivity contribution is -0.187. The molecule has 0 aliphatic carbocycles. The fourth-order valence-electron chi connectivity index (χ4n) is 1.41. The van der Waals surface area contributed by atoms with Crippen LogP contribution in [0.5, 0.6) is 0 Å². The van der Waals surface area contributed by atoms with E-state index in [1.165, 1.54) is 0 Å². The Bertz CT molecular complexity index is 217. The molecule has 1 aliphatic heterocycles. The van der Waals surface area contributed by atoms with Crippen LogP contribution < -0.4 is 0 Å². The second-order valence-corrected chi connectivity index (χ2v) is 3.90. The zero-order valence-corrected chi connectivity index (χ0v) is 9.46. The van der Waals surface area contributed by atoms with Gasteiger partial charge in [-0.25, -0.2) is 0 Å². The maximum atomic E-state index is 11.1. The first-order chi connectivity index (χ1) is 7.25. The van der Waals surface area contributed by atoms with Gasteiger partial charge in [-0.3, -0.25) is 14.4 Å². The van der Waals surface area contributed by atoms with Crippen LogP contribution in [0.25, 0.3) is 0 Å². The fraction of sp³-hybridized carbons (Fsp3) is 0.800. The van der Waals surface area contributed by atoms with Gasteiger partial charge in [0.2, 0.25) is 0 Å². The average Bonchev–Trinajstić information content (AvgIpc) is 2.54. The van der Waals surface area contributed by atoms with Crippen LogP contribution in [0.3, 0.4) is 0 Å². The fourth-order valence-corrected chi connectivity index (χ4v) is 1.59. The quantitative estimate of drug-likeness (QED) is 0.383. The molecule has 1 aliphatic rings. The van der Waals surface area contributed by atoms with Crippen molar-refractivity contribution < 1.29 is 14.4 Å². The van der Waals surface area contributed by atoms with E-state index < -0.39 is 0 Å². The smallest absolute Gasteiger partial charge is 0.253 e. The van der Waals surface area contributed by atoms with Gasteiger partial charge in [0.25, 0.3) is 11.8 Å². The Morgan fingerprint density at radius 3 is 2.27 bits per heavy atom. The minimum atomic E-state index is -0.222. The molecule has 1 rings (SSSR count). The summed E-state index contributed by atoms with van der Waals surface area (Å²) >= 11 is 5.53. The minimum absolute atomic E-state index is 0.222. The number of hydrogen-bond donors (Lipinski definition) is 0. The maximum Gasteiger partial charge on any atom is 0.253 e. The molecule has 0 unspecified atom stereocenters. The van der Waals surface area contributed by atoms with Gasteiger partial charge in [0.15, 0.2) is 0 Å². The van der Waals surface area contributed by atoms with Gasteiger partial charge in [0, 0.05) is 18.7 Å². The second-order valence-electron chi connectivity index (χ2n) is 3.52. The highest BCUT2D eigenvalue weighted by Gasteiger charge is 2.29. The molecule has 0 aromatic heterocycles. The highest BCUT2D eigenvalue weighted by molar-refractivity contribution is 6.17. The molecule has 0 atom stereocenters. The van der Waals surface area contributed by atoms with E-state index in [0.29, 0.717) is 12.5 Å². The average molecular weight is 234 g/mol. The van der Waals surface area contributed by atoms with Crippen LogP contribution in [0, 0.1) is 0 Å². The Hall–Kier alpha value is -0.610. The van der Waals surface area contributed by atoms with E-state index in [-0.39, 0.29) is 24.7 Å². The Balaban J connectivity index is 2.04. The molecule has 4 nitrogen and oxygen atoms in total. The van der Waals surface area contributed by atoms with E-state index in [4.69, 9.17) is 16.4 Å². The van der Waals surface area contributed by atoms with Crippen molar-refractivity contribution in [1.82, 2.24) is 5.06 Å². The van der Waals surface area contributed by atoms with E-state index in [1.807, 2.05) is 0 Å². The monoisotopic (exact) mass is 233 g/mol. The van der Waals surface area contributed by atoms with Gasteiger partial charge in [-0.1, -0.05) is 12.8 Å². The highest BCUT2D eigenvalue weighted by Crippen LogP contribution is 2.12. The van der Waals surface area contributed by atoms with Crippen molar-refractivity contribution in [1.29, 1.82) is 0 Å². The predicted octanol–water partition coefficient (Wildman–Crippen LogP) is 1.87. The van der Waals surface area contributed by atoms with Gasteiger partial charge in [0.1, 0.15) is 0 Å². The Morgan fingerprint density at radius 2 is 1.67 bits per heavy atom. The predicted molar refractivity (Wildman–Crippen MR) is 56.2 cm³/mol. The van der Waals surface area contributed by atoms with Crippen LogP contribution in [-0.4, -0.2) is 29.4 Å². The van der Waals surface area contributed by atoms with Crippen molar-refractivity contribution in [2.24, 2.45) is 0 Å².